The van der Waals surface area contributed by atoms with E-state index in [0.29, 0.717) is 26.3 Å². The second-order valence-corrected chi connectivity index (χ2v) is 6.01. The summed E-state index contributed by atoms with van der Waals surface area (Å²) in [6, 6.07) is 3.56. The zero-order valence-electron chi connectivity index (χ0n) is 13.6. The van der Waals surface area contributed by atoms with Crippen LogP contribution < -0.4 is 16.0 Å². The number of nitrogens with zero attached hydrogens (tertiary/aromatic N) is 1. The number of hydrogen-bond donors (Lipinski definition) is 3. The molecule has 1 aromatic carbocycles. The van der Waals surface area contributed by atoms with E-state index in [0.717, 1.165) is 6.07 Å². The number of halogens is 2. The van der Waals surface area contributed by atoms with E-state index in [1.165, 1.54) is 12.1 Å². The molecule has 1 aromatic rings. The Labute approximate surface area is 143 Å². The van der Waals surface area contributed by atoms with Gasteiger partial charge in [-0.1, -0.05) is 6.07 Å². The van der Waals surface area contributed by atoms with Gasteiger partial charge in [0.25, 0.3) is 0 Å². The predicted octanol–water partition coefficient (Wildman–Crippen LogP) is 0.387. The minimum absolute atomic E-state index is 0.0947. The van der Waals surface area contributed by atoms with E-state index >= 15 is 0 Å². The van der Waals surface area contributed by atoms with E-state index in [9.17, 15) is 18.4 Å². The second-order valence-electron chi connectivity index (χ2n) is 6.01. The third kappa shape index (κ3) is 4.50. The summed E-state index contributed by atoms with van der Waals surface area (Å²) in [5.74, 6) is -2.83. The molecule has 2 amide bonds. The maximum atomic E-state index is 13.6. The maximum Gasteiger partial charge on any atom is 0.227 e. The Hall–Kier alpha value is -2.10. The Bertz CT molecular complexity index is 652. The molecule has 2 fully saturated rings. The van der Waals surface area contributed by atoms with Crippen LogP contribution in [0.1, 0.15) is 12.8 Å². The zero-order valence-corrected chi connectivity index (χ0v) is 13.6. The van der Waals surface area contributed by atoms with E-state index in [4.69, 9.17) is 4.74 Å². The number of carbonyl (C=O) groups is 2. The number of anilines is 1. The Balaban J connectivity index is 1.58. The molecule has 2 heterocycles. The molecular formula is C16H20F2N4O3. The lowest BCUT2D eigenvalue weighted by molar-refractivity contribution is -0.128. The van der Waals surface area contributed by atoms with Crippen LogP contribution >= 0.6 is 0 Å². The van der Waals surface area contributed by atoms with Gasteiger partial charge in [0.1, 0.15) is 0 Å². The molecule has 0 aromatic heterocycles. The summed E-state index contributed by atoms with van der Waals surface area (Å²) in [6.45, 7) is 2.62. The average molecular weight is 354 g/mol. The normalized spacial score (nSPS) is 24.6. The largest absolute Gasteiger partial charge is 0.379 e. The molecule has 136 valence electrons. The number of amides is 2. The van der Waals surface area contributed by atoms with E-state index in [1.54, 1.807) is 0 Å². The zero-order chi connectivity index (χ0) is 17.8. The highest BCUT2D eigenvalue weighted by atomic mass is 19.2. The molecule has 9 heteroatoms. The molecule has 0 spiro atoms. The SMILES string of the molecule is O=C(CC1NC(=O)CC(N2CCOCC2)N1)Nc1cccc(F)c1F. The van der Waals surface area contributed by atoms with Gasteiger partial charge in [-0.25, -0.2) is 8.78 Å². The van der Waals surface area contributed by atoms with Gasteiger partial charge in [0.15, 0.2) is 11.6 Å². The first kappa shape index (κ1) is 17.7. The number of nitrogens with one attached hydrogen (secondary N) is 3. The Morgan fingerprint density at radius 2 is 2.08 bits per heavy atom. The summed E-state index contributed by atoms with van der Waals surface area (Å²) in [5, 5.41) is 8.23. The van der Waals surface area contributed by atoms with Crippen LogP contribution in [-0.4, -0.2) is 55.3 Å². The Kier molecular flexibility index (Phi) is 5.57. The fourth-order valence-corrected chi connectivity index (χ4v) is 2.98. The molecule has 0 aliphatic carbocycles. The topological polar surface area (TPSA) is 82.7 Å². The van der Waals surface area contributed by atoms with Gasteiger partial charge >= 0.3 is 0 Å². The van der Waals surface area contributed by atoms with E-state index < -0.39 is 23.7 Å². The quantitative estimate of drug-likeness (QED) is 0.729. The average Bonchev–Trinajstić information content (AvgIpc) is 2.59. The van der Waals surface area contributed by atoms with E-state index in [1.807, 2.05) is 0 Å². The summed E-state index contributed by atoms with van der Waals surface area (Å²) in [5.41, 5.74) is -0.225. The fraction of sp³-hybridized carbons (Fsp3) is 0.500. The van der Waals surface area contributed by atoms with Crippen LogP contribution in [0.15, 0.2) is 18.2 Å². The van der Waals surface area contributed by atoms with Crippen molar-refractivity contribution >= 4 is 17.5 Å². The molecule has 0 saturated carbocycles. The summed E-state index contributed by atoms with van der Waals surface area (Å²) in [7, 11) is 0. The standard InChI is InChI=1S/C16H20F2N4O3/c17-10-2-1-3-11(16(10)18)19-14(23)8-12-20-13(9-15(24)21-12)22-4-6-25-7-5-22/h1-3,12-13,20H,4-9H2,(H,19,23)(H,21,24). The number of morpholine rings is 1. The van der Waals surface area contributed by atoms with Crippen LogP contribution in [0, 0.1) is 11.6 Å². The van der Waals surface area contributed by atoms with Crippen LogP contribution in [0.4, 0.5) is 14.5 Å². The highest BCUT2D eigenvalue weighted by Gasteiger charge is 2.31. The molecule has 2 saturated heterocycles. The van der Waals surface area contributed by atoms with Crippen LogP contribution in [0.2, 0.25) is 0 Å². The minimum atomic E-state index is -1.11. The third-order valence-electron chi connectivity index (χ3n) is 4.21. The molecule has 3 N–H and O–H groups in total. The molecule has 25 heavy (non-hydrogen) atoms. The lowest BCUT2D eigenvalue weighted by atomic mass is 10.1. The molecule has 0 radical (unpaired) electrons. The molecule has 2 unspecified atom stereocenters. The first-order valence-corrected chi connectivity index (χ1v) is 8.14. The molecule has 3 rings (SSSR count). The van der Waals surface area contributed by atoms with Crippen molar-refractivity contribution in [3.63, 3.8) is 0 Å². The Morgan fingerprint density at radius 1 is 1.32 bits per heavy atom. The summed E-state index contributed by atoms with van der Waals surface area (Å²) < 4.78 is 32.1. The fourth-order valence-electron chi connectivity index (χ4n) is 2.98. The Morgan fingerprint density at radius 3 is 2.84 bits per heavy atom. The monoisotopic (exact) mass is 354 g/mol. The molecule has 0 bridgehead atoms. The third-order valence-corrected chi connectivity index (χ3v) is 4.21. The van der Waals surface area contributed by atoms with Gasteiger partial charge < -0.3 is 15.4 Å². The van der Waals surface area contributed by atoms with Crippen molar-refractivity contribution in [2.24, 2.45) is 0 Å². The van der Waals surface area contributed by atoms with Crippen molar-refractivity contribution in [1.82, 2.24) is 15.5 Å². The van der Waals surface area contributed by atoms with Crippen molar-refractivity contribution < 1.29 is 23.1 Å². The maximum absolute atomic E-state index is 13.6. The van der Waals surface area contributed by atoms with Crippen molar-refractivity contribution in [2.75, 3.05) is 31.6 Å². The van der Waals surface area contributed by atoms with Gasteiger partial charge in [0.2, 0.25) is 11.8 Å². The first-order chi connectivity index (χ1) is 12.0. The van der Waals surface area contributed by atoms with Crippen LogP contribution in [0.3, 0.4) is 0 Å². The van der Waals surface area contributed by atoms with E-state index in [2.05, 4.69) is 20.9 Å². The number of rotatable bonds is 4. The smallest absolute Gasteiger partial charge is 0.227 e. The summed E-state index contributed by atoms with van der Waals surface area (Å²) in [4.78, 5) is 26.1. The molecule has 7 nitrogen and oxygen atoms in total. The van der Waals surface area contributed by atoms with Crippen LogP contribution in [0.5, 0.6) is 0 Å². The van der Waals surface area contributed by atoms with Gasteiger partial charge in [-0.15, -0.1) is 0 Å². The van der Waals surface area contributed by atoms with Gasteiger partial charge in [0, 0.05) is 13.1 Å². The highest BCUT2D eigenvalue weighted by Crippen LogP contribution is 2.17. The molecule has 2 atom stereocenters. The van der Waals surface area contributed by atoms with Crippen molar-refractivity contribution in [3.05, 3.63) is 29.8 Å². The summed E-state index contributed by atoms with van der Waals surface area (Å²) >= 11 is 0. The molecular weight excluding hydrogens is 334 g/mol. The first-order valence-electron chi connectivity index (χ1n) is 8.14. The number of carbonyl (C=O) groups excluding carboxylic acids is 2. The number of benzene rings is 1. The van der Waals surface area contributed by atoms with Gasteiger partial charge in [-0.05, 0) is 12.1 Å². The van der Waals surface area contributed by atoms with E-state index in [-0.39, 0.29) is 30.6 Å². The lowest BCUT2D eigenvalue weighted by Crippen LogP contribution is -2.63. The number of ether oxygens (including phenoxy) is 1. The molecule has 2 aliphatic rings. The lowest BCUT2D eigenvalue weighted by Gasteiger charge is -2.40. The van der Waals surface area contributed by atoms with Crippen molar-refractivity contribution in [3.8, 4) is 0 Å². The van der Waals surface area contributed by atoms with Crippen LogP contribution in [0.25, 0.3) is 0 Å². The molecule has 2 aliphatic heterocycles. The van der Waals surface area contributed by atoms with Gasteiger partial charge in [-0.3, -0.25) is 19.8 Å². The predicted molar refractivity (Wildman–Crippen MR) is 85.5 cm³/mol. The van der Waals surface area contributed by atoms with Crippen molar-refractivity contribution in [2.45, 2.75) is 25.2 Å². The van der Waals surface area contributed by atoms with Gasteiger partial charge in [-0.2, -0.15) is 0 Å². The minimum Gasteiger partial charge on any atom is -0.379 e. The second kappa shape index (κ2) is 7.85. The number of hydrogen-bond acceptors (Lipinski definition) is 5. The van der Waals surface area contributed by atoms with Gasteiger partial charge in [0.05, 0.1) is 44.1 Å². The van der Waals surface area contributed by atoms with Crippen molar-refractivity contribution in [1.29, 1.82) is 0 Å². The van der Waals surface area contributed by atoms with Crippen LogP contribution in [-0.2, 0) is 14.3 Å². The highest BCUT2D eigenvalue weighted by molar-refractivity contribution is 5.91. The summed E-state index contributed by atoms with van der Waals surface area (Å²) in [6.07, 6.45) is -0.564.